The second-order valence-electron chi connectivity index (χ2n) is 19.0. The molecule has 0 N–H and O–H groups in total. The van der Waals surface area contributed by atoms with Crippen LogP contribution in [-0.4, -0.2) is 29.1 Å². The molecule has 0 saturated heterocycles. The van der Waals surface area contributed by atoms with Crippen LogP contribution in [0.3, 0.4) is 0 Å². The summed E-state index contributed by atoms with van der Waals surface area (Å²) >= 11 is 0. The molecule has 0 aliphatic heterocycles. The highest BCUT2D eigenvalue weighted by atomic mass is 15.2. The van der Waals surface area contributed by atoms with Gasteiger partial charge in [-0.3, -0.25) is 4.57 Å². The fourth-order valence-corrected chi connectivity index (χ4v) is 11.1. The predicted octanol–water partition coefficient (Wildman–Crippen LogP) is 16.1. The van der Waals surface area contributed by atoms with Gasteiger partial charge in [-0.15, -0.1) is 0 Å². The van der Waals surface area contributed by atoms with Crippen LogP contribution in [0.2, 0.25) is 0 Å². The first-order chi connectivity index (χ1) is 35.0. The summed E-state index contributed by atoms with van der Waals surface area (Å²) in [5.41, 5.74) is 18.4. The highest BCUT2D eigenvalue weighted by Gasteiger charge is 2.36. The van der Waals surface area contributed by atoms with Gasteiger partial charge in [0.1, 0.15) is 0 Å². The van der Waals surface area contributed by atoms with Crippen LogP contribution >= 0.6 is 0 Å². The molecule has 71 heavy (non-hydrogen) atoms. The molecule has 9 aromatic carbocycles. The topological polar surface area (TPSA) is 61.4 Å². The van der Waals surface area contributed by atoms with Gasteiger partial charge in [-0.05, 0) is 69.8 Å². The van der Waals surface area contributed by atoms with Gasteiger partial charge in [0.05, 0.1) is 33.5 Å². The van der Waals surface area contributed by atoms with E-state index in [0.717, 1.165) is 88.7 Å². The normalized spacial score (nSPS) is 12.8. The molecule has 0 saturated carbocycles. The Morgan fingerprint density at radius 3 is 1.45 bits per heavy atom. The molecule has 0 radical (unpaired) electrons. The van der Waals surface area contributed by atoms with Crippen LogP contribution in [0.4, 0.5) is 0 Å². The predicted molar refractivity (Wildman–Crippen MR) is 291 cm³/mol. The van der Waals surface area contributed by atoms with Crippen molar-refractivity contribution in [3.63, 3.8) is 0 Å². The molecule has 0 unspecified atom stereocenters. The summed E-state index contributed by atoms with van der Waals surface area (Å²) in [6, 6.07) is 81.8. The summed E-state index contributed by atoms with van der Waals surface area (Å²) in [5.74, 6) is 1.72. The third-order valence-electron chi connectivity index (χ3n) is 14.6. The zero-order valence-corrected chi connectivity index (χ0v) is 39.1. The Hall–Kier alpha value is -9.26. The second-order valence-corrected chi connectivity index (χ2v) is 19.0. The molecule has 6 heteroatoms. The Labute approximate surface area is 410 Å². The summed E-state index contributed by atoms with van der Waals surface area (Å²) in [5, 5.41) is 4.59. The highest BCUT2D eigenvalue weighted by Crippen LogP contribution is 2.50. The number of pyridine rings is 1. The largest absolute Gasteiger partial charge is 0.307 e. The van der Waals surface area contributed by atoms with Crippen molar-refractivity contribution in [2.75, 3.05) is 0 Å². The van der Waals surface area contributed by atoms with Crippen LogP contribution < -0.4 is 0 Å². The summed E-state index contributed by atoms with van der Waals surface area (Å²) in [6.07, 6.45) is 0. The summed E-state index contributed by atoms with van der Waals surface area (Å²) in [6.45, 7) is 4.70. The monoisotopic (exact) mass is 908 g/mol. The van der Waals surface area contributed by atoms with Gasteiger partial charge in [-0.1, -0.05) is 208 Å². The van der Waals surface area contributed by atoms with Crippen molar-refractivity contribution in [2.24, 2.45) is 0 Å². The second kappa shape index (κ2) is 15.9. The van der Waals surface area contributed by atoms with Crippen LogP contribution in [0, 0.1) is 0 Å². The van der Waals surface area contributed by atoms with Gasteiger partial charge in [-0.25, -0.2) is 9.97 Å². The number of nitrogens with zero attached hydrogens (tertiary/aromatic N) is 6. The van der Waals surface area contributed by atoms with E-state index in [4.69, 9.17) is 19.9 Å². The van der Waals surface area contributed by atoms with Crippen molar-refractivity contribution in [2.45, 2.75) is 19.3 Å². The van der Waals surface area contributed by atoms with E-state index in [-0.39, 0.29) is 5.41 Å². The molecule has 0 amide bonds. The lowest BCUT2D eigenvalue weighted by Crippen LogP contribution is -2.15. The zero-order valence-electron chi connectivity index (χ0n) is 39.1. The van der Waals surface area contributed by atoms with Crippen LogP contribution in [0.5, 0.6) is 0 Å². The fraction of sp³-hybridized carbons (Fsp3) is 0.0462. The van der Waals surface area contributed by atoms with Crippen molar-refractivity contribution >= 4 is 43.6 Å². The molecular formula is C65H44N6. The molecule has 0 bridgehead atoms. The van der Waals surface area contributed by atoms with Gasteiger partial charge in [0.2, 0.25) is 5.95 Å². The molecule has 4 heterocycles. The third-order valence-corrected chi connectivity index (χ3v) is 14.6. The first kappa shape index (κ1) is 40.8. The first-order valence-electron chi connectivity index (χ1n) is 24.2. The van der Waals surface area contributed by atoms with E-state index in [0.29, 0.717) is 17.6 Å². The Bertz CT molecular complexity index is 4170. The van der Waals surface area contributed by atoms with E-state index in [2.05, 4.69) is 229 Å². The lowest BCUT2D eigenvalue weighted by molar-refractivity contribution is 0.660. The van der Waals surface area contributed by atoms with Crippen molar-refractivity contribution in [1.82, 2.24) is 29.1 Å². The standard InChI is InChI=1S/C65H44N6/c1-65(2)54-27-15-12-24-48(54)49-35-34-47(40-55(49)65)70-58-28-16-13-25-50(58)52-36-37-53-51-26-14-17-29-59(51)71(61(53)60(52)70)64-68-62(44-22-10-5-11-23-44)67-63(69-64)45-32-30-43(31-33-45)57-39-46(41-18-6-3-7-19-41)38-56(66-57)42-20-8-4-9-21-42/h3-40H,1-2H3. The zero-order chi connectivity index (χ0) is 47.2. The Balaban J connectivity index is 0.984. The van der Waals surface area contributed by atoms with E-state index in [1.54, 1.807) is 0 Å². The lowest BCUT2D eigenvalue weighted by atomic mass is 9.82. The van der Waals surface area contributed by atoms with Crippen molar-refractivity contribution in [3.05, 3.63) is 242 Å². The number of rotatable bonds is 7. The number of hydrogen-bond acceptors (Lipinski definition) is 4. The molecule has 0 spiro atoms. The average Bonchev–Trinajstić information content (AvgIpc) is 4.04. The Morgan fingerprint density at radius 1 is 0.324 bits per heavy atom. The number of benzene rings is 9. The number of aromatic nitrogens is 6. The maximum Gasteiger partial charge on any atom is 0.238 e. The molecule has 0 atom stereocenters. The molecular weight excluding hydrogens is 865 g/mol. The van der Waals surface area contributed by atoms with Crippen molar-refractivity contribution in [1.29, 1.82) is 0 Å². The van der Waals surface area contributed by atoms with Gasteiger partial charge < -0.3 is 4.57 Å². The fourth-order valence-electron chi connectivity index (χ4n) is 11.1. The molecule has 14 rings (SSSR count). The minimum atomic E-state index is -0.161. The van der Waals surface area contributed by atoms with Gasteiger partial charge in [0.15, 0.2) is 11.6 Å². The van der Waals surface area contributed by atoms with Crippen LogP contribution in [0.15, 0.2) is 231 Å². The molecule has 0 fully saturated rings. The summed E-state index contributed by atoms with van der Waals surface area (Å²) in [4.78, 5) is 21.3. The maximum atomic E-state index is 5.45. The lowest BCUT2D eigenvalue weighted by Gasteiger charge is -2.22. The van der Waals surface area contributed by atoms with Crippen LogP contribution in [0.1, 0.15) is 25.0 Å². The SMILES string of the molecule is CC1(C)c2ccccc2-c2ccc(-n3c4ccccc4c4ccc5c6ccccc6n(-c6nc(-c7ccccc7)nc(-c7ccc(-c8cc(-c9ccccc9)cc(-c9ccccc9)n8)cc7)n6)c5c43)cc21. The molecule has 1 aliphatic rings. The Morgan fingerprint density at radius 2 is 0.803 bits per heavy atom. The smallest absolute Gasteiger partial charge is 0.238 e. The summed E-state index contributed by atoms with van der Waals surface area (Å²) in [7, 11) is 0. The van der Waals surface area contributed by atoms with Crippen molar-refractivity contribution in [3.8, 4) is 79.2 Å². The molecule has 334 valence electrons. The highest BCUT2D eigenvalue weighted by molar-refractivity contribution is 6.23. The third kappa shape index (κ3) is 6.49. The van der Waals surface area contributed by atoms with E-state index in [1.165, 1.54) is 27.6 Å². The number of para-hydroxylation sites is 2. The molecule has 6 nitrogen and oxygen atoms in total. The average molecular weight is 909 g/mol. The summed E-state index contributed by atoms with van der Waals surface area (Å²) < 4.78 is 4.73. The number of fused-ring (bicyclic) bond motifs is 10. The minimum absolute atomic E-state index is 0.161. The van der Waals surface area contributed by atoms with E-state index < -0.39 is 0 Å². The first-order valence-corrected chi connectivity index (χ1v) is 24.2. The van der Waals surface area contributed by atoms with Crippen molar-refractivity contribution < 1.29 is 0 Å². The van der Waals surface area contributed by atoms with Crippen LogP contribution in [0.25, 0.3) is 123 Å². The number of hydrogen-bond donors (Lipinski definition) is 0. The molecule has 13 aromatic rings. The molecule has 4 aromatic heterocycles. The molecule has 1 aliphatic carbocycles. The van der Waals surface area contributed by atoms with Gasteiger partial charge in [0.25, 0.3) is 0 Å². The van der Waals surface area contributed by atoms with Gasteiger partial charge >= 0.3 is 0 Å². The van der Waals surface area contributed by atoms with E-state index in [1.807, 2.05) is 24.3 Å². The Kier molecular flexibility index (Phi) is 9.14. The van der Waals surface area contributed by atoms with Gasteiger partial charge in [-0.2, -0.15) is 9.97 Å². The minimum Gasteiger partial charge on any atom is -0.307 e. The quantitative estimate of drug-likeness (QED) is 0.160. The van der Waals surface area contributed by atoms with Gasteiger partial charge in [0, 0.05) is 54.9 Å². The van der Waals surface area contributed by atoms with Crippen LogP contribution in [-0.2, 0) is 5.41 Å². The maximum absolute atomic E-state index is 5.45. The van der Waals surface area contributed by atoms with E-state index in [9.17, 15) is 0 Å². The van der Waals surface area contributed by atoms with E-state index >= 15 is 0 Å².